The molecule has 2 N–H and O–H groups in total. The molecule has 1 aliphatic rings. The monoisotopic (exact) mass is 232 g/mol. The summed E-state index contributed by atoms with van der Waals surface area (Å²) in [4.78, 5) is 4.48. The second-order valence-electron chi connectivity index (χ2n) is 5.91. The van der Waals surface area contributed by atoms with Gasteiger partial charge in [0.1, 0.15) is 0 Å². The molecule has 0 amide bonds. The van der Waals surface area contributed by atoms with Gasteiger partial charge in [-0.3, -0.25) is 4.98 Å². The molecule has 0 aromatic carbocycles. The Balaban J connectivity index is 2.14. The Hall–Kier alpha value is -0.890. The molecule has 2 rings (SSSR count). The lowest BCUT2D eigenvalue weighted by molar-refractivity contribution is 0.191. The molecule has 0 aliphatic heterocycles. The molecule has 17 heavy (non-hydrogen) atoms. The van der Waals surface area contributed by atoms with Gasteiger partial charge in [-0.05, 0) is 55.6 Å². The van der Waals surface area contributed by atoms with E-state index in [9.17, 15) is 0 Å². The predicted octanol–water partition coefficient (Wildman–Crippen LogP) is 3.46. The molecule has 1 heterocycles. The predicted molar refractivity (Wildman–Crippen MR) is 71.6 cm³/mol. The first kappa shape index (κ1) is 12.6. The van der Waals surface area contributed by atoms with Crippen LogP contribution in [0, 0.1) is 24.7 Å². The summed E-state index contributed by atoms with van der Waals surface area (Å²) < 4.78 is 0. The Morgan fingerprint density at radius 3 is 2.47 bits per heavy atom. The van der Waals surface area contributed by atoms with Gasteiger partial charge in [0, 0.05) is 6.20 Å². The molecular formula is C15H24N2. The molecule has 0 radical (unpaired) electrons. The normalized spacial score (nSPS) is 31.2. The summed E-state index contributed by atoms with van der Waals surface area (Å²) >= 11 is 0. The topological polar surface area (TPSA) is 38.9 Å². The summed E-state index contributed by atoms with van der Waals surface area (Å²) in [6, 6.07) is 4.21. The third-order valence-electron chi connectivity index (χ3n) is 4.09. The lowest BCUT2D eigenvalue weighted by atomic mass is 9.73. The van der Waals surface area contributed by atoms with E-state index in [2.05, 4.69) is 31.8 Å². The molecule has 1 aliphatic carbocycles. The second kappa shape index (κ2) is 5.18. The highest BCUT2D eigenvalue weighted by atomic mass is 14.8. The number of aryl methyl sites for hydroxylation is 1. The van der Waals surface area contributed by atoms with Gasteiger partial charge in [0.25, 0.3) is 0 Å². The van der Waals surface area contributed by atoms with Gasteiger partial charge in [0.15, 0.2) is 0 Å². The molecule has 1 fully saturated rings. The van der Waals surface area contributed by atoms with Gasteiger partial charge in [-0.15, -0.1) is 0 Å². The Labute approximate surface area is 105 Å². The van der Waals surface area contributed by atoms with E-state index < -0.39 is 0 Å². The van der Waals surface area contributed by atoms with Crippen LogP contribution in [0.3, 0.4) is 0 Å². The van der Waals surface area contributed by atoms with E-state index in [0.29, 0.717) is 5.92 Å². The molecule has 2 heteroatoms. The van der Waals surface area contributed by atoms with Crippen LogP contribution in [0.2, 0.25) is 0 Å². The molecule has 1 saturated carbocycles. The van der Waals surface area contributed by atoms with Crippen LogP contribution in [0.25, 0.3) is 0 Å². The fourth-order valence-corrected chi connectivity index (χ4v) is 3.37. The van der Waals surface area contributed by atoms with E-state index in [1.165, 1.54) is 24.8 Å². The first-order chi connectivity index (χ1) is 8.08. The zero-order valence-corrected chi connectivity index (χ0v) is 11.2. The van der Waals surface area contributed by atoms with Crippen molar-refractivity contribution in [3.63, 3.8) is 0 Å². The minimum absolute atomic E-state index is 0.112. The van der Waals surface area contributed by atoms with Gasteiger partial charge in [-0.25, -0.2) is 0 Å². The minimum Gasteiger partial charge on any atom is -0.322 e. The van der Waals surface area contributed by atoms with Crippen molar-refractivity contribution >= 4 is 0 Å². The van der Waals surface area contributed by atoms with E-state index in [-0.39, 0.29) is 6.04 Å². The Morgan fingerprint density at radius 1 is 1.24 bits per heavy atom. The van der Waals surface area contributed by atoms with Crippen LogP contribution in [0.5, 0.6) is 0 Å². The maximum Gasteiger partial charge on any atom is 0.0602 e. The van der Waals surface area contributed by atoms with Crippen LogP contribution in [-0.4, -0.2) is 4.98 Å². The fraction of sp³-hybridized carbons (Fsp3) is 0.667. The average molecular weight is 232 g/mol. The second-order valence-corrected chi connectivity index (χ2v) is 5.91. The van der Waals surface area contributed by atoms with Gasteiger partial charge in [-0.1, -0.05) is 19.9 Å². The minimum atomic E-state index is 0.112. The van der Waals surface area contributed by atoms with Gasteiger partial charge < -0.3 is 5.73 Å². The average Bonchev–Trinajstić information content (AvgIpc) is 2.27. The molecule has 0 bridgehead atoms. The molecule has 3 atom stereocenters. The molecule has 1 aromatic heterocycles. The zero-order chi connectivity index (χ0) is 12.4. The van der Waals surface area contributed by atoms with E-state index in [1.807, 2.05) is 12.3 Å². The zero-order valence-electron chi connectivity index (χ0n) is 11.2. The first-order valence-electron chi connectivity index (χ1n) is 6.75. The molecule has 3 unspecified atom stereocenters. The number of nitrogens with two attached hydrogens (primary N) is 1. The molecule has 2 nitrogen and oxygen atoms in total. The summed E-state index contributed by atoms with van der Waals surface area (Å²) in [6.07, 6.45) is 5.71. The summed E-state index contributed by atoms with van der Waals surface area (Å²) in [5, 5.41) is 0. The van der Waals surface area contributed by atoms with Crippen LogP contribution >= 0.6 is 0 Å². The number of aromatic nitrogens is 1. The van der Waals surface area contributed by atoms with Gasteiger partial charge in [0.05, 0.1) is 11.7 Å². The smallest absolute Gasteiger partial charge is 0.0602 e. The standard InChI is InChI=1S/C15H24N2/c1-10-7-11(2)9-13(8-10)14(16)15-12(3)5-4-6-17-15/h4-6,10-11,13-14H,7-9,16H2,1-3H3. The number of nitrogens with zero attached hydrogens (tertiary/aromatic N) is 1. The van der Waals surface area contributed by atoms with Gasteiger partial charge >= 0.3 is 0 Å². The Bertz CT molecular complexity index is 365. The maximum absolute atomic E-state index is 6.43. The molecule has 1 aromatic rings. The molecule has 0 spiro atoms. The highest BCUT2D eigenvalue weighted by Crippen LogP contribution is 2.38. The SMILES string of the molecule is Cc1cccnc1C(N)C1CC(C)CC(C)C1. The third kappa shape index (κ3) is 2.86. The highest BCUT2D eigenvalue weighted by molar-refractivity contribution is 5.21. The quantitative estimate of drug-likeness (QED) is 0.848. The van der Waals surface area contributed by atoms with E-state index in [1.54, 1.807) is 0 Å². The third-order valence-corrected chi connectivity index (χ3v) is 4.09. The summed E-state index contributed by atoms with van der Waals surface area (Å²) in [5.41, 5.74) is 8.76. The molecular weight excluding hydrogens is 208 g/mol. The number of pyridine rings is 1. The van der Waals surface area contributed by atoms with Crippen molar-refractivity contribution in [2.24, 2.45) is 23.5 Å². The highest BCUT2D eigenvalue weighted by Gasteiger charge is 2.29. The molecule has 0 saturated heterocycles. The van der Waals surface area contributed by atoms with Crippen molar-refractivity contribution in [1.29, 1.82) is 0 Å². The van der Waals surface area contributed by atoms with Crippen LogP contribution in [0.1, 0.15) is 50.4 Å². The first-order valence-corrected chi connectivity index (χ1v) is 6.75. The van der Waals surface area contributed by atoms with Crippen molar-refractivity contribution < 1.29 is 0 Å². The van der Waals surface area contributed by atoms with Gasteiger partial charge in [0.2, 0.25) is 0 Å². The van der Waals surface area contributed by atoms with Crippen LogP contribution < -0.4 is 5.73 Å². The van der Waals surface area contributed by atoms with E-state index in [0.717, 1.165) is 17.5 Å². The van der Waals surface area contributed by atoms with Gasteiger partial charge in [-0.2, -0.15) is 0 Å². The van der Waals surface area contributed by atoms with Crippen LogP contribution in [0.15, 0.2) is 18.3 Å². The van der Waals surface area contributed by atoms with Crippen molar-refractivity contribution in [2.45, 2.75) is 46.1 Å². The van der Waals surface area contributed by atoms with Crippen LogP contribution in [-0.2, 0) is 0 Å². The van der Waals surface area contributed by atoms with Crippen molar-refractivity contribution in [3.05, 3.63) is 29.6 Å². The lowest BCUT2D eigenvalue weighted by Gasteiger charge is -2.35. The summed E-state index contributed by atoms with van der Waals surface area (Å²) in [6.45, 7) is 6.80. The van der Waals surface area contributed by atoms with E-state index in [4.69, 9.17) is 5.73 Å². The number of hydrogen-bond acceptors (Lipinski definition) is 2. The summed E-state index contributed by atoms with van der Waals surface area (Å²) in [5.74, 6) is 2.21. The van der Waals surface area contributed by atoms with Crippen LogP contribution in [0.4, 0.5) is 0 Å². The number of hydrogen-bond donors (Lipinski definition) is 1. The van der Waals surface area contributed by atoms with E-state index >= 15 is 0 Å². The van der Waals surface area contributed by atoms with Crippen molar-refractivity contribution in [2.75, 3.05) is 0 Å². The Morgan fingerprint density at radius 2 is 1.88 bits per heavy atom. The Kier molecular flexibility index (Phi) is 3.82. The summed E-state index contributed by atoms with van der Waals surface area (Å²) in [7, 11) is 0. The largest absolute Gasteiger partial charge is 0.322 e. The molecule has 94 valence electrons. The fourth-order valence-electron chi connectivity index (χ4n) is 3.37. The van der Waals surface area contributed by atoms with Crippen molar-refractivity contribution in [3.8, 4) is 0 Å². The lowest BCUT2D eigenvalue weighted by Crippen LogP contribution is -2.30. The number of rotatable bonds is 2. The van der Waals surface area contributed by atoms with Crippen molar-refractivity contribution in [1.82, 2.24) is 4.98 Å². The maximum atomic E-state index is 6.43.